The molecule has 1 aliphatic heterocycles. The van der Waals surface area contributed by atoms with Gasteiger partial charge in [-0.15, -0.1) is 0 Å². The third kappa shape index (κ3) is 3.40. The highest BCUT2D eigenvalue weighted by Gasteiger charge is 2.19. The molecule has 1 N–H and O–H groups in total. The number of nitrogens with zero attached hydrogens (tertiary/aromatic N) is 2. The Bertz CT molecular complexity index is 461. The summed E-state index contributed by atoms with van der Waals surface area (Å²) in [5, 5.41) is 13.2. The number of rotatable bonds is 4. The molecule has 4 heteroatoms. The van der Waals surface area contributed by atoms with Crippen molar-refractivity contribution in [3.8, 4) is 6.07 Å². The van der Waals surface area contributed by atoms with E-state index in [0.717, 1.165) is 31.9 Å². The van der Waals surface area contributed by atoms with Gasteiger partial charge in [-0.1, -0.05) is 17.7 Å². The fourth-order valence-corrected chi connectivity index (χ4v) is 2.87. The van der Waals surface area contributed by atoms with Gasteiger partial charge in [-0.3, -0.25) is 0 Å². The summed E-state index contributed by atoms with van der Waals surface area (Å²) in [6.45, 7) is 6.24. The summed E-state index contributed by atoms with van der Waals surface area (Å²) >= 11 is 6.11. The predicted octanol–water partition coefficient (Wildman–Crippen LogP) is 3.04. The lowest BCUT2D eigenvalue weighted by atomic mass is 9.97. The maximum atomic E-state index is 9.28. The van der Waals surface area contributed by atoms with E-state index in [1.807, 2.05) is 12.1 Å². The van der Waals surface area contributed by atoms with E-state index >= 15 is 0 Å². The SMILES string of the molecule is CCN(CC1CCNCC1)c1cccc(Cl)c1C#N. The molecule has 0 radical (unpaired) electrons. The first kappa shape index (κ1) is 14.2. The second-order valence-corrected chi connectivity index (χ2v) is 5.38. The molecular weight excluding hydrogens is 258 g/mol. The summed E-state index contributed by atoms with van der Waals surface area (Å²) in [6.07, 6.45) is 2.41. The first-order valence-corrected chi connectivity index (χ1v) is 7.28. The summed E-state index contributed by atoms with van der Waals surface area (Å²) < 4.78 is 0. The largest absolute Gasteiger partial charge is 0.370 e. The van der Waals surface area contributed by atoms with Crippen molar-refractivity contribution in [3.63, 3.8) is 0 Å². The number of benzene rings is 1. The van der Waals surface area contributed by atoms with E-state index in [1.165, 1.54) is 12.8 Å². The Labute approximate surface area is 120 Å². The van der Waals surface area contributed by atoms with Crippen molar-refractivity contribution in [3.05, 3.63) is 28.8 Å². The van der Waals surface area contributed by atoms with Crippen LogP contribution in [0.25, 0.3) is 0 Å². The van der Waals surface area contributed by atoms with Crippen LogP contribution < -0.4 is 10.2 Å². The Morgan fingerprint density at radius 1 is 1.42 bits per heavy atom. The van der Waals surface area contributed by atoms with E-state index in [0.29, 0.717) is 16.5 Å². The molecule has 0 aliphatic carbocycles. The van der Waals surface area contributed by atoms with Gasteiger partial charge in [-0.05, 0) is 50.9 Å². The van der Waals surface area contributed by atoms with Gasteiger partial charge in [0.1, 0.15) is 6.07 Å². The van der Waals surface area contributed by atoms with Crippen LogP contribution in [0.15, 0.2) is 18.2 Å². The van der Waals surface area contributed by atoms with Crippen LogP contribution in [0.1, 0.15) is 25.3 Å². The van der Waals surface area contributed by atoms with Crippen molar-refractivity contribution in [2.75, 3.05) is 31.1 Å². The normalized spacial score (nSPS) is 16.1. The lowest BCUT2D eigenvalue weighted by Gasteiger charge is -2.31. The Morgan fingerprint density at radius 3 is 2.79 bits per heavy atom. The van der Waals surface area contributed by atoms with Crippen molar-refractivity contribution in [2.45, 2.75) is 19.8 Å². The second kappa shape index (κ2) is 6.79. The molecule has 1 aliphatic rings. The summed E-state index contributed by atoms with van der Waals surface area (Å²) in [5.41, 5.74) is 1.57. The molecular formula is C15H20ClN3. The van der Waals surface area contributed by atoms with Crippen molar-refractivity contribution < 1.29 is 0 Å². The number of anilines is 1. The Morgan fingerprint density at radius 2 is 2.16 bits per heavy atom. The molecule has 19 heavy (non-hydrogen) atoms. The molecule has 1 aromatic carbocycles. The van der Waals surface area contributed by atoms with Gasteiger partial charge < -0.3 is 10.2 Å². The van der Waals surface area contributed by atoms with Gasteiger partial charge in [-0.25, -0.2) is 0 Å². The van der Waals surface area contributed by atoms with E-state index in [4.69, 9.17) is 11.6 Å². The number of hydrogen-bond donors (Lipinski definition) is 1. The molecule has 3 nitrogen and oxygen atoms in total. The highest BCUT2D eigenvalue weighted by atomic mass is 35.5. The number of nitriles is 1. The lowest BCUT2D eigenvalue weighted by molar-refractivity contribution is 0.374. The Kier molecular flexibility index (Phi) is 5.07. The van der Waals surface area contributed by atoms with E-state index < -0.39 is 0 Å². The van der Waals surface area contributed by atoms with Gasteiger partial charge in [0.2, 0.25) is 0 Å². The maximum Gasteiger partial charge on any atom is 0.103 e. The van der Waals surface area contributed by atoms with Crippen molar-refractivity contribution >= 4 is 17.3 Å². The average Bonchev–Trinajstić information content (AvgIpc) is 2.45. The van der Waals surface area contributed by atoms with E-state index in [9.17, 15) is 5.26 Å². The quantitative estimate of drug-likeness (QED) is 0.919. The van der Waals surface area contributed by atoms with E-state index in [2.05, 4.69) is 23.2 Å². The van der Waals surface area contributed by atoms with Gasteiger partial charge in [0.25, 0.3) is 0 Å². The van der Waals surface area contributed by atoms with Crippen molar-refractivity contribution in [2.24, 2.45) is 5.92 Å². The fraction of sp³-hybridized carbons (Fsp3) is 0.533. The monoisotopic (exact) mass is 277 g/mol. The molecule has 0 unspecified atom stereocenters. The smallest absolute Gasteiger partial charge is 0.103 e. The molecule has 102 valence electrons. The molecule has 0 atom stereocenters. The third-order valence-electron chi connectivity index (χ3n) is 3.76. The Hall–Kier alpha value is -1.24. The van der Waals surface area contributed by atoms with Crippen LogP contribution in [0.3, 0.4) is 0 Å². The van der Waals surface area contributed by atoms with Gasteiger partial charge in [0.05, 0.1) is 16.3 Å². The van der Waals surface area contributed by atoms with Crippen LogP contribution in [0.2, 0.25) is 5.02 Å². The molecule has 1 saturated heterocycles. The molecule has 0 bridgehead atoms. The van der Waals surface area contributed by atoms with Gasteiger partial charge in [0, 0.05) is 13.1 Å². The average molecular weight is 278 g/mol. The maximum absolute atomic E-state index is 9.28. The van der Waals surface area contributed by atoms with Crippen LogP contribution in [0, 0.1) is 17.2 Å². The van der Waals surface area contributed by atoms with Crippen LogP contribution >= 0.6 is 11.6 Å². The molecule has 1 fully saturated rings. The minimum absolute atomic E-state index is 0.545. The van der Waals surface area contributed by atoms with Gasteiger partial charge in [-0.2, -0.15) is 5.26 Å². The zero-order valence-corrected chi connectivity index (χ0v) is 12.1. The van der Waals surface area contributed by atoms with Gasteiger partial charge in [0.15, 0.2) is 0 Å². The highest BCUT2D eigenvalue weighted by molar-refractivity contribution is 6.32. The summed E-state index contributed by atoms with van der Waals surface area (Å²) in [7, 11) is 0. The minimum atomic E-state index is 0.545. The first-order chi connectivity index (χ1) is 9.26. The predicted molar refractivity (Wildman–Crippen MR) is 79.6 cm³/mol. The van der Waals surface area contributed by atoms with Crippen molar-refractivity contribution in [1.82, 2.24) is 5.32 Å². The van der Waals surface area contributed by atoms with Crippen LogP contribution in [0.4, 0.5) is 5.69 Å². The number of nitrogens with one attached hydrogen (secondary N) is 1. The minimum Gasteiger partial charge on any atom is -0.370 e. The van der Waals surface area contributed by atoms with Crippen LogP contribution in [-0.2, 0) is 0 Å². The summed E-state index contributed by atoms with van der Waals surface area (Å²) in [6, 6.07) is 7.92. The molecule has 2 rings (SSSR count). The molecule has 1 aromatic rings. The van der Waals surface area contributed by atoms with Crippen molar-refractivity contribution in [1.29, 1.82) is 5.26 Å². The summed E-state index contributed by atoms with van der Waals surface area (Å²) in [4.78, 5) is 2.28. The number of halogens is 1. The van der Waals surface area contributed by atoms with Gasteiger partial charge >= 0.3 is 0 Å². The van der Waals surface area contributed by atoms with E-state index in [-0.39, 0.29) is 0 Å². The molecule has 0 spiro atoms. The fourth-order valence-electron chi connectivity index (χ4n) is 2.66. The molecule has 0 aromatic heterocycles. The van der Waals surface area contributed by atoms with E-state index in [1.54, 1.807) is 6.07 Å². The van der Waals surface area contributed by atoms with Crippen LogP contribution in [0.5, 0.6) is 0 Å². The topological polar surface area (TPSA) is 39.1 Å². The Balaban J connectivity index is 2.17. The third-order valence-corrected chi connectivity index (χ3v) is 4.08. The number of piperidine rings is 1. The zero-order valence-electron chi connectivity index (χ0n) is 11.3. The standard InChI is InChI=1S/C15H20ClN3/c1-2-19(11-12-6-8-18-9-7-12)15-5-3-4-14(16)13(15)10-17/h3-5,12,18H,2,6-9,11H2,1H3. The first-order valence-electron chi connectivity index (χ1n) is 6.90. The number of hydrogen-bond acceptors (Lipinski definition) is 3. The van der Waals surface area contributed by atoms with Crippen LogP contribution in [-0.4, -0.2) is 26.2 Å². The molecule has 1 heterocycles. The second-order valence-electron chi connectivity index (χ2n) is 4.98. The molecule has 0 amide bonds. The summed E-state index contributed by atoms with van der Waals surface area (Å²) in [5.74, 6) is 0.701. The highest BCUT2D eigenvalue weighted by Crippen LogP contribution is 2.28. The zero-order chi connectivity index (χ0) is 13.7. The lowest BCUT2D eigenvalue weighted by Crippen LogP contribution is -2.36. The molecule has 0 saturated carbocycles.